The lowest BCUT2D eigenvalue weighted by Gasteiger charge is -2.19. The van der Waals surface area contributed by atoms with Gasteiger partial charge < -0.3 is 41.4 Å². The van der Waals surface area contributed by atoms with Crippen LogP contribution >= 0.6 is 11.6 Å². The lowest BCUT2D eigenvalue weighted by Crippen LogP contribution is -2.35. The van der Waals surface area contributed by atoms with Crippen molar-refractivity contribution in [2.75, 3.05) is 20.3 Å². The van der Waals surface area contributed by atoms with E-state index in [1.54, 1.807) is 92.7 Å². The Morgan fingerprint density at radius 2 is 0.936 bits per heavy atom. The van der Waals surface area contributed by atoms with Gasteiger partial charge in [0.15, 0.2) is 11.4 Å². The van der Waals surface area contributed by atoms with E-state index >= 15 is 0 Å². The van der Waals surface area contributed by atoms with Crippen LogP contribution in [0.1, 0.15) is 132 Å². The summed E-state index contributed by atoms with van der Waals surface area (Å²) in [5.74, 6) is -14.4. The van der Waals surface area contributed by atoms with Gasteiger partial charge in [-0.3, -0.25) is 67.5 Å². The number of aromatic amines is 2. The van der Waals surface area contributed by atoms with Gasteiger partial charge in [-0.1, -0.05) is 113 Å². The van der Waals surface area contributed by atoms with E-state index in [1.807, 2.05) is 37.3 Å². The quantitative estimate of drug-likeness (QED) is 0.00869. The molecule has 0 fully saturated rings. The van der Waals surface area contributed by atoms with Gasteiger partial charge in [0.25, 0.3) is 22.9 Å². The van der Waals surface area contributed by atoms with Crippen LogP contribution in [0.3, 0.4) is 0 Å². The van der Waals surface area contributed by atoms with Crippen molar-refractivity contribution in [2.24, 2.45) is 55.6 Å². The molecule has 2 aromatic heterocycles. The van der Waals surface area contributed by atoms with E-state index in [4.69, 9.17) is 37.6 Å². The van der Waals surface area contributed by atoms with Crippen molar-refractivity contribution in [3.05, 3.63) is 174 Å². The number of Topliss-reactive ketones (excluding diaryl/α,β-unsaturated/α-hetero) is 4. The number of esters is 2. The van der Waals surface area contributed by atoms with Gasteiger partial charge in [0.2, 0.25) is 17.0 Å². The van der Waals surface area contributed by atoms with E-state index in [1.165, 1.54) is 20.8 Å². The first-order valence-electron chi connectivity index (χ1n) is 29.6. The molecule has 94 heavy (non-hydrogen) atoms. The van der Waals surface area contributed by atoms with E-state index in [9.17, 15) is 72.9 Å². The van der Waals surface area contributed by atoms with Crippen LogP contribution in [0.25, 0.3) is 0 Å². The Balaban J connectivity index is 0.000000380. The van der Waals surface area contributed by atoms with Crippen LogP contribution in [-0.4, -0.2) is 109 Å². The number of rotatable bonds is 31. The minimum Gasteiger partial charge on any atom is -0.494 e. The number of aliphatic carboxylic acids is 1. The number of carbonyl (C=O) groups excluding carboxylic acids is 9. The van der Waals surface area contributed by atoms with Gasteiger partial charge in [-0.05, 0) is 91.2 Å². The first kappa shape index (κ1) is 76.0. The fourth-order valence-corrected chi connectivity index (χ4v) is 9.74. The molecule has 6 atom stereocenters. The van der Waals surface area contributed by atoms with Crippen molar-refractivity contribution >= 4 is 92.4 Å². The van der Waals surface area contributed by atoms with E-state index in [0.717, 1.165) is 30.2 Å². The third kappa shape index (κ3) is 22.1. The van der Waals surface area contributed by atoms with Crippen LogP contribution in [0.5, 0.6) is 11.8 Å². The van der Waals surface area contributed by atoms with Crippen molar-refractivity contribution in [2.45, 2.75) is 105 Å². The molecule has 4 aromatic carbocycles. The average molecular weight is 1320 g/mol. The summed E-state index contributed by atoms with van der Waals surface area (Å²) in [6.45, 7) is 9.64. The number of carbonyl (C=O) groups is 10. The molecule has 6 aromatic rings. The first-order valence-corrected chi connectivity index (χ1v) is 30.0. The molecule has 0 radical (unpaired) electrons. The summed E-state index contributed by atoms with van der Waals surface area (Å²) < 4.78 is 10.0. The number of carboxylic acid groups (broad SMARTS) is 1. The smallest absolute Gasteiger partial charge is 0.316 e. The van der Waals surface area contributed by atoms with Crippen LogP contribution in [0.15, 0.2) is 139 Å². The summed E-state index contributed by atoms with van der Waals surface area (Å²) in [5, 5.41) is 53.3. The highest BCUT2D eigenvalue weighted by Crippen LogP contribution is 2.30. The van der Waals surface area contributed by atoms with Gasteiger partial charge in [-0.2, -0.15) is 10.2 Å². The number of amides is 2. The lowest BCUT2D eigenvalue weighted by atomic mass is 9.83. The van der Waals surface area contributed by atoms with E-state index in [-0.39, 0.29) is 71.4 Å². The number of ether oxygens (including phenoxy) is 2. The Labute approximate surface area is 544 Å². The second kappa shape index (κ2) is 37.1. The Hall–Kier alpha value is -10.5. The van der Waals surface area contributed by atoms with Gasteiger partial charge in [0.1, 0.15) is 46.1 Å². The molecule has 498 valence electrons. The number of ketones is 4. The zero-order valence-corrected chi connectivity index (χ0v) is 53.5. The molecule has 6 rings (SSSR count). The Bertz CT molecular complexity index is 3870. The number of aromatic hydroxyl groups is 2. The number of H-pyrrole nitrogens is 2. The summed E-state index contributed by atoms with van der Waals surface area (Å²) in [5.41, 5.74) is 12.6. The van der Waals surface area contributed by atoms with Crippen molar-refractivity contribution in [1.82, 2.24) is 9.97 Å². The number of aliphatic hydroxyl groups excluding tert-OH is 1. The second-order valence-electron chi connectivity index (χ2n) is 21.7. The number of carboxylic acids is 1. The normalized spacial score (nSPS) is 12.9. The highest BCUT2D eigenvalue weighted by molar-refractivity contribution is 6.64. The van der Waals surface area contributed by atoms with Crippen molar-refractivity contribution in [3.8, 4) is 11.8 Å². The minimum atomic E-state index is -1.79. The summed E-state index contributed by atoms with van der Waals surface area (Å²) >= 11 is 5.38. The van der Waals surface area contributed by atoms with Gasteiger partial charge in [0.05, 0.1) is 31.0 Å². The van der Waals surface area contributed by atoms with Crippen molar-refractivity contribution in [1.29, 1.82) is 0 Å². The van der Waals surface area contributed by atoms with E-state index in [0.29, 0.717) is 29.8 Å². The Morgan fingerprint density at radius 3 is 1.32 bits per heavy atom. The summed E-state index contributed by atoms with van der Waals surface area (Å²) in [6, 6.07) is 31.8. The average Bonchev–Trinajstić information content (AvgIpc) is 0.815. The molecule has 0 aliphatic carbocycles. The van der Waals surface area contributed by atoms with Crippen LogP contribution in [0.4, 0.5) is 22.7 Å². The first-order chi connectivity index (χ1) is 44.6. The number of primary amides is 2. The number of aromatic nitrogens is 2. The van der Waals surface area contributed by atoms with Crippen LogP contribution in [0, 0.1) is 37.5 Å². The highest BCUT2D eigenvalue weighted by atomic mass is 35.5. The highest BCUT2D eigenvalue weighted by Gasteiger charge is 2.38. The van der Waals surface area contributed by atoms with Gasteiger partial charge in [-0.25, -0.2) is 0 Å². The number of nitrogens with zero attached hydrogens (tertiary/aromatic N) is 4. The molecule has 26 nitrogen and oxygen atoms in total. The largest absolute Gasteiger partial charge is 0.494 e. The predicted octanol–water partition coefficient (Wildman–Crippen LogP) is 9.17. The molecule has 0 bridgehead atoms. The molecule has 2 heterocycles. The molecular weight excluding hydrogens is 1240 g/mol. The van der Waals surface area contributed by atoms with Crippen LogP contribution in [-0.2, 0) is 60.7 Å². The van der Waals surface area contributed by atoms with Crippen molar-refractivity contribution < 1.29 is 77.8 Å². The van der Waals surface area contributed by atoms with Crippen LogP contribution in [0.2, 0.25) is 0 Å². The number of methoxy groups -OCH3 is 1. The number of hydrogen-bond donors (Lipinski definition) is 8. The SMILES string of the molecule is CCC(C(=O)CC(C(=O)O)C(=O)CC(C(=O)CC(C)C(=O)OCCc1ccc(N=Nc2c(C)c(C(N)=O)c(O)[nH]c2=O)cc1)C(=O)OC)c1ccccc1.CCC(C(=O)CC(C)C(=O)Cl)c1ccccc1.Cc1c(C(N)=O)c(O)[nH]c(=O)c1N=Nc1ccc(CCO)cc1. The lowest BCUT2D eigenvalue weighted by molar-refractivity contribution is -0.156. The van der Waals surface area contributed by atoms with E-state index < -0.39 is 124 Å². The molecule has 0 aliphatic rings. The number of halogens is 1. The maximum atomic E-state index is 13.2. The summed E-state index contributed by atoms with van der Waals surface area (Å²) in [4.78, 5) is 151. The molecule has 0 saturated carbocycles. The molecular formula is C67H75ClN8O18. The number of benzene rings is 4. The zero-order chi connectivity index (χ0) is 69.9. The number of azo groups is 2. The maximum Gasteiger partial charge on any atom is 0.316 e. The summed E-state index contributed by atoms with van der Waals surface area (Å²) in [7, 11) is 1.00. The van der Waals surface area contributed by atoms with Gasteiger partial charge in [-0.15, -0.1) is 10.2 Å². The number of aliphatic hydroxyl groups is 1. The zero-order valence-electron chi connectivity index (χ0n) is 52.8. The second-order valence-corrected chi connectivity index (χ2v) is 22.0. The molecule has 0 saturated heterocycles. The van der Waals surface area contributed by atoms with Gasteiger partial charge in [0, 0.05) is 67.6 Å². The van der Waals surface area contributed by atoms with E-state index in [2.05, 4.69) is 30.4 Å². The standard InChI is InChI=1S/C38H42N4O12.C15H16N4O4.C14H17ClO2/c1-5-25(23-9-7-6-8-10-23)29(44)18-26(36(49)50)30(45)19-27(38(52)53-4)28(43)17-20(2)37(51)54-16-15-22-11-13-24(14-12-22)41-42-32-21(3)31(33(39)46)34(47)40-35(32)48;1-8-11(13(16)21)14(22)17-15(23)12(8)19-18-10-4-2-9(3-5-10)6-7-20;1-3-12(11-7-5-4-6-8-11)13(16)9-10(2)14(15)17/h6-14,20,25-27H,5,15-19H2,1-4H3,(H2,39,46)(H,49,50)(H2,40,47,48);2-5,20H,6-7H2,1H3,(H2,16,21)(H2,17,22,23);4-8,10,12H,3,9H2,1-2H3. The number of nitrogens with two attached hydrogens (primary N) is 2. The molecule has 27 heteroatoms. The molecule has 0 spiro atoms. The fraction of sp³-hybridized carbons (Fsp3) is 0.343. The number of hydrogen-bond acceptors (Lipinski definition) is 21. The molecule has 2 amide bonds. The molecule has 10 N–H and O–H groups in total. The Morgan fingerprint density at radius 1 is 0.543 bits per heavy atom. The molecule has 6 unspecified atom stereocenters. The topological polar surface area (TPSA) is 437 Å². The molecule has 0 aliphatic heterocycles. The minimum absolute atomic E-state index is 0.0518. The number of pyridine rings is 2. The summed E-state index contributed by atoms with van der Waals surface area (Å²) in [6.07, 6.45) is 0.180. The Kier molecular flexibility index (Phi) is 30.0. The van der Waals surface area contributed by atoms with Crippen molar-refractivity contribution in [3.63, 3.8) is 0 Å². The maximum absolute atomic E-state index is 13.2. The van der Waals surface area contributed by atoms with Crippen LogP contribution < -0.4 is 22.6 Å². The predicted molar refractivity (Wildman–Crippen MR) is 344 cm³/mol. The third-order valence-electron chi connectivity index (χ3n) is 14.9. The monoisotopic (exact) mass is 1310 g/mol. The van der Waals surface area contributed by atoms with Gasteiger partial charge >= 0.3 is 17.9 Å². The number of nitrogens with one attached hydrogen (secondary N) is 2. The fourth-order valence-electron chi connectivity index (χ4n) is 9.67. The third-order valence-corrected chi connectivity index (χ3v) is 15.3.